The SMILES string of the molecule is COc1ccc(C)cc1C(C)NCc1cc(F)ccc1Br. The van der Waals surface area contributed by atoms with E-state index >= 15 is 0 Å². The van der Waals surface area contributed by atoms with E-state index in [9.17, 15) is 4.39 Å². The Kier molecular flexibility index (Phi) is 5.37. The third-order valence-corrected chi connectivity index (χ3v) is 4.23. The number of nitrogens with one attached hydrogen (secondary N) is 1. The van der Waals surface area contributed by atoms with Gasteiger partial charge in [-0.25, -0.2) is 4.39 Å². The Morgan fingerprint density at radius 3 is 2.71 bits per heavy atom. The van der Waals surface area contributed by atoms with Crippen LogP contribution in [0.5, 0.6) is 5.75 Å². The molecule has 2 aromatic rings. The van der Waals surface area contributed by atoms with Gasteiger partial charge in [-0.05, 0) is 43.7 Å². The Labute approximate surface area is 133 Å². The lowest BCUT2D eigenvalue weighted by atomic mass is 10.0. The van der Waals surface area contributed by atoms with Crippen molar-refractivity contribution < 1.29 is 9.13 Å². The Bertz CT molecular complexity index is 630. The van der Waals surface area contributed by atoms with E-state index in [0.717, 1.165) is 21.3 Å². The number of hydrogen-bond donors (Lipinski definition) is 1. The van der Waals surface area contributed by atoms with Gasteiger partial charge >= 0.3 is 0 Å². The monoisotopic (exact) mass is 351 g/mol. The van der Waals surface area contributed by atoms with Crippen LogP contribution >= 0.6 is 15.9 Å². The number of benzene rings is 2. The highest BCUT2D eigenvalue weighted by molar-refractivity contribution is 9.10. The van der Waals surface area contributed by atoms with Crippen LogP contribution in [-0.4, -0.2) is 7.11 Å². The van der Waals surface area contributed by atoms with Crippen molar-refractivity contribution in [3.8, 4) is 5.75 Å². The number of rotatable bonds is 5. The summed E-state index contributed by atoms with van der Waals surface area (Å²) in [6.07, 6.45) is 0. The summed E-state index contributed by atoms with van der Waals surface area (Å²) in [5, 5.41) is 3.41. The molecule has 4 heteroatoms. The molecule has 0 spiro atoms. The second-order valence-corrected chi connectivity index (χ2v) is 5.94. The fourth-order valence-electron chi connectivity index (χ4n) is 2.24. The normalized spacial score (nSPS) is 12.2. The summed E-state index contributed by atoms with van der Waals surface area (Å²) < 4.78 is 19.6. The molecule has 0 saturated carbocycles. The molecular weight excluding hydrogens is 333 g/mol. The lowest BCUT2D eigenvalue weighted by Crippen LogP contribution is -2.19. The molecule has 0 fully saturated rings. The van der Waals surface area contributed by atoms with E-state index in [0.29, 0.717) is 6.54 Å². The van der Waals surface area contributed by atoms with Crippen molar-refractivity contribution in [2.75, 3.05) is 7.11 Å². The van der Waals surface area contributed by atoms with Crippen molar-refractivity contribution in [2.45, 2.75) is 26.4 Å². The zero-order valence-electron chi connectivity index (χ0n) is 12.4. The second kappa shape index (κ2) is 7.05. The molecule has 0 heterocycles. The smallest absolute Gasteiger partial charge is 0.123 e. The van der Waals surface area contributed by atoms with Gasteiger partial charge < -0.3 is 10.1 Å². The highest BCUT2D eigenvalue weighted by Gasteiger charge is 2.12. The highest BCUT2D eigenvalue weighted by Crippen LogP contribution is 2.27. The quantitative estimate of drug-likeness (QED) is 0.838. The first kappa shape index (κ1) is 16.0. The molecule has 21 heavy (non-hydrogen) atoms. The van der Waals surface area contributed by atoms with Crippen molar-refractivity contribution in [3.05, 3.63) is 63.4 Å². The van der Waals surface area contributed by atoms with Gasteiger partial charge in [0.2, 0.25) is 0 Å². The van der Waals surface area contributed by atoms with E-state index in [2.05, 4.69) is 41.2 Å². The molecule has 0 bridgehead atoms. The average Bonchev–Trinajstić information content (AvgIpc) is 2.47. The summed E-state index contributed by atoms with van der Waals surface area (Å²) >= 11 is 3.45. The third kappa shape index (κ3) is 4.05. The first-order valence-corrected chi connectivity index (χ1v) is 7.62. The molecule has 0 aliphatic heterocycles. The molecule has 0 aliphatic carbocycles. The zero-order valence-corrected chi connectivity index (χ0v) is 14.0. The van der Waals surface area contributed by atoms with E-state index in [1.54, 1.807) is 13.2 Å². The molecule has 0 saturated heterocycles. The fourth-order valence-corrected chi connectivity index (χ4v) is 2.63. The maximum absolute atomic E-state index is 13.3. The number of aryl methyl sites for hydroxylation is 1. The Morgan fingerprint density at radius 1 is 1.24 bits per heavy atom. The molecule has 1 N–H and O–H groups in total. The molecule has 0 aliphatic rings. The zero-order chi connectivity index (χ0) is 15.4. The van der Waals surface area contributed by atoms with Crippen LogP contribution in [0, 0.1) is 12.7 Å². The van der Waals surface area contributed by atoms with Gasteiger partial charge in [0.25, 0.3) is 0 Å². The van der Waals surface area contributed by atoms with E-state index in [1.807, 2.05) is 12.1 Å². The van der Waals surface area contributed by atoms with Gasteiger partial charge in [-0.3, -0.25) is 0 Å². The van der Waals surface area contributed by atoms with Crippen LogP contribution < -0.4 is 10.1 Å². The van der Waals surface area contributed by atoms with Gasteiger partial charge in [-0.1, -0.05) is 33.6 Å². The van der Waals surface area contributed by atoms with Crippen molar-refractivity contribution in [3.63, 3.8) is 0 Å². The summed E-state index contributed by atoms with van der Waals surface area (Å²) in [4.78, 5) is 0. The predicted molar refractivity (Wildman–Crippen MR) is 87.1 cm³/mol. The first-order chi connectivity index (χ1) is 10.0. The predicted octanol–water partition coefficient (Wildman–Crippen LogP) is 4.76. The molecule has 2 aromatic carbocycles. The largest absolute Gasteiger partial charge is 0.496 e. The van der Waals surface area contributed by atoms with Crippen LogP contribution in [0.15, 0.2) is 40.9 Å². The van der Waals surface area contributed by atoms with Crippen LogP contribution in [0.3, 0.4) is 0 Å². The Morgan fingerprint density at radius 2 is 2.00 bits per heavy atom. The van der Waals surface area contributed by atoms with Gasteiger partial charge in [0.1, 0.15) is 11.6 Å². The van der Waals surface area contributed by atoms with Crippen molar-refractivity contribution >= 4 is 15.9 Å². The molecule has 0 radical (unpaired) electrons. The van der Waals surface area contributed by atoms with Crippen LogP contribution in [0.4, 0.5) is 4.39 Å². The molecule has 0 aromatic heterocycles. The van der Waals surface area contributed by atoms with Crippen LogP contribution in [0.1, 0.15) is 29.7 Å². The summed E-state index contributed by atoms with van der Waals surface area (Å²) in [6, 6.07) is 10.9. The van der Waals surface area contributed by atoms with Crippen molar-refractivity contribution in [1.29, 1.82) is 0 Å². The van der Waals surface area contributed by atoms with E-state index in [-0.39, 0.29) is 11.9 Å². The molecule has 2 rings (SSSR count). The lowest BCUT2D eigenvalue weighted by Gasteiger charge is -2.18. The van der Waals surface area contributed by atoms with Crippen LogP contribution in [-0.2, 0) is 6.54 Å². The summed E-state index contributed by atoms with van der Waals surface area (Å²) in [5.74, 6) is 0.634. The fraction of sp³-hybridized carbons (Fsp3) is 0.294. The molecule has 2 nitrogen and oxygen atoms in total. The number of hydrogen-bond acceptors (Lipinski definition) is 2. The van der Waals surface area contributed by atoms with Crippen molar-refractivity contribution in [2.24, 2.45) is 0 Å². The van der Waals surface area contributed by atoms with E-state index < -0.39 is 0 Å². The van der Waals surface area contributed by atoms with Crippen molar-refractivity contribution in [1.82, 2.24) is 5.32 Å². The van der Waals surface area contributed by atoms with E-state index in [1.165, 1.54) is 17.7 Å². The third-order valence-electron chi connectivity index (χ3n) is 3.46. The number of ether oxygens (including phenoxy) is 1. The summed E-state index contributed by atoms with van der Waals surface area (Å²) in [7, 11) is 1.67. The number of halogens is 2. The topological polar surface area (TPSA) is 21.3 Å². The second-order valence-electron chi connectivity index (χ2n) is 5.08. The maximum atomic E-state index is 13.3. The maximum Gasteiger partial charge on any atom is 0.123 e. The minimum Gasteiger partial charge on any atom is -0.496 e. The Balaban J connectivity index is 2.13. The molecule has 1 atom stereocenters. The highest BCUT2D eigenvalue weighted by atomic mass is 79.9. The van der Waals surface area contributed by atoms with Gasteiger partial charge in [-0.2, -0.15) is 0 Å². The summed E-state index contributed by atoms with van der Waals surface area (Å²) in [6.45, 7) is 4.71. The van der Waals surface area contributed by atoms with Crippen LogP contribution in [0.25, 0.3) is 0 Å². The lowest BCUT2D eigenvalue weighted by molar-refractivity contribution is 0.401. The summed E-state index contributed by atoms with van der Waals surface area (Å²) in [5.41, 5.74) is 3.19. The van der Waals surface area contributed by atoms with Gasteiger partial charge in [0.15, 0.2) is 0 Å². The molecule has 1 unspecified atom stereocenters. The van der Waals surface area contributed by atoms with E-state index in [4.69, 9.17) is 4.74 Å². The Hall–Kier alpha value is -1.39. The van der Waals surface area contributed by atoms with Gasteiger partial charge in [0.05, 0.1) is 7.11 Å². The average molecular weight is 352 g/mol. The first-order valence-electron chi connectivity index (χ1n) is 6.83. The van der Waals surface area contributed by atoms with Gasteiger partial charge in [-0.15, -0.1) is 0 Å². The molecule has 0 amide bonds. The molecular formula is C17H19BrFNO. The number of methoxy groups -OCH3 is 1. The minimum absolute atomic E-state index is 0.106. The van der Waals surface area contributed by atoms with Crippen LogP contribution in [0.2, 0.25) is 0 Å². The standard InChI is InChI=1S/C17H19BrFNO/c1-11-4-7-17(21-3)15(8-11)12(2)20-10-13-9-14(19)5-6-16(13)18/h4-9,12,20H,10H2,1-3H3. The molecule has 112 valence electrons. The minimum atomic E-state index is -0.226. The van der Waals surface area contributed by atoms with Gasteiger partial charge in [0, 0.05) is 22.6 Å².